The summed E-state index contributed by atoms with van der Waals surface area (Å²) in [6.45, 7) is 7.49. The van der Waals surface area contributed by atoms with E-state index in [1.54, 1.807) is 0 Å². The van der Waals surface area contributed by atoms with Crippen molar-refractivity contribution in [2.75, 3.05) is 26.7 Å². The lowest BCUT2D eigenvalue weighted by Gasteiger charge is -2.22. The Morgan fingerprint density at radius 1 is 0.826 bits per heavy atom. The van der Waals surface area contributed by atoms with Crippen LogP contribution in [-0.2, 0) is 0 Å². The van der Waals surface area contributed by atoms with Crippen LogP contribution in [0, 0.1) is 5.92 Å². The molecule has 0 heterocycles. The Morgan fingerprint density at radius 2 is 1.35 bits per heavy atom. The molecule has 0 atom stereocenters. The fourth-order valence-corrected chi connectivity index (χ4v) is 3.30. The quantitative estimate of drug-likeness (QED) is 0.631. The van der Waals surface area contributed by atoms with E-state index in [2.05, 4.69) is 24.5 Å². The third kappa shape index (κ3) is 15.2. The number of hydrogen-bond donors (Lipinski definition) is 3. The summed E-state index contributed by atoms with van der Waals surface area (Å²) in [4.78, 5) is 0. The number of nitrogens with two attached hydrogens (primary N) is 1. The maximum absolute atomic E-state index is 5.50. The third-order valence-electron chi connectivity index (χ3n) is 4.70. The Labute approximate surface area is 146 Å². The molecule has 0 aromatic heterocycles. The molecule has 0 bridgehead atoms. The van der Waals surface area contributed by atoms with Crippen molar-refractivity contribution in [2.45, 2.75) is 96.9 Å². The Balaban J connectivity index is 0.000000379. The van der Waals surface area contributed by atoms with Crippen molar-refractivity contribution in [1.82, 2.24) is 10.6 Å². The monoisotopic (exact) mass is 327 g/mol. The average Bonchev–Trinajstić information content (AvgIpc) is 2.62. The lowest BCUT2D eigenvalue weighted by atomic mass is 9.90. The maximum atomic E-state index is 5.50. The van der Waals surface area contributed by atoms with Gasteiger partial charge in [-0.1, -0.05) is 58.8 Å². The molecule has 0 saturated heterocycles. The molecule has 2 saturated carbocycles. The first-order valence-corrected chi connectivity index (χ1v) is 10.4. The zero-order valence-electron chi connectivity index (χ0n) is 16.3. The van der Waals surface area contributed by atoms with Gasteiger partial charge in [0.2, 0.25) is 0 Å². The molecule has 0 amide bonds. The molecule has 3 heteroatoms. The molecule has 0 aromatic carbocycles. The van der Waals surface area contributed by atoms with E-state index in [0.717, 1.165) is 25.0 Å². The van der Waals surface area contributed by atoms with Gasteiger partial charge in [-0.15, -0.1) is 0 Å². The Kier molecular flexibility index (Phi) is 18.1. The second-order valence-corrected chi connectivity index (χ2v) is 7.19. The Morgan fingerprint density at radius 3 is 1.78 bits per heavy atom. The van der Waals surface area contributed by atoms with Crippen molar-refractivity contribution < 1.29 is 0 Å². The normalized spacial score (nSPS) is 19.3. The van der Waals surface area contributed by atoms with Crippen LogP contribution in [0.25, 0.3) is 0 Å². The zero-order valence-corrected chi connectivity index (χ0v) is 16.3. The topological polar surface area (TPSA) is 50.1 Å². The zero-order chi connectivity index (χ0) is 17.2. The minimum Gasteiger partial charge on any atom is -0.330 e. The van der Waals surface area contributed by atoms with Crippen molar-refractivity contribution in [1.29, 1.82) is 0 Å². The van der Waals surface area contributed by atoms with Gasteiger partial charge in [-0.2, -0.15) is 0 Å². The van der Waals surface area contributed by atoms with Gasteiger partial charge in [0.05, 0.1) is 0 Å². The minimum absolute atomic E-state index is 0.829. The van der Waals surface area contributed by atoms with Gasteiger partial charge in [0.1, 0.15) is 0 Å². The van der Waals surface area contributed by atoms with Gasteiger partial charge in [-0.25, -0.2) is 0 Å². The third-order valence-corrected chi connectivity index (χ3v) is 4.70. The van der Waals surface area contributed by atoms with Gasteiger partial charge < -0.3 is 16.4 Å². The predicted octanol–water partition coefficient (Wildman–Crippen LogP) is 4.46. The summed E-state index contributed by atoms with van der Waals surface area (Å²) in [6, 6.07) is 0.829. The first-order chi connectivity index (χ1) is 11.3. The molecule has 140 valence electrons. The summed E-state index contributed by atoms with van der Waals surface area (Å²) in [5.41, 5.74) is 5.50. The maximum Gasteiger partial charge on any atom is 0.00670 e. The average molecular weight is 328 g/mol. The fraction of sp³-hybridized carbons (Fsp3) is 1.00. The highest BCUT2D eigenvalue weighted by Crippen LogP contribution is 2.21. The van der Waals surface area contributed by atoms with E-state index >= 15 is 0 Å². The lowest BCUT2D eigenvalue weighted by molar-refractivity contribution is 0.366. The molecule has 2 rings (SSSR count). The van der Waals surface area contributed by atoms with Crippen LogP contribution in [0.2, 0.25) is 0 Å². The molecule has 0 spiro atoms. The summed E-state index contributed by atoms with van der Waals surface area (Å²) >= 11 is 0. The largest absolute Gasteiger partial charge is 0.330 e. The molecule has 23 heavy (non-hydrogen) atoms. The predicted molar refractivity (Wildman–Crippen MR) is 105 cm³/mol. The van der Waals surface area contributed by atoms with E-state index in [1.807, 2.05) is 7.05 Å². The molecule has 4 N–H and O–H groups in total. The van der Waals surface area contributed by atoms with Crippen molar-refractivity contribution in [3.63, 3.8) is 0 Å². The van der Waals surface area contributed by atoms with E-state index in [1.165, 1.54) is 83.6 Å². The summed E-state index contributed by atoms with van der Waals surface area (Å²) in [6.07, 6.45) is 16.7. The lowest BCUT2D eigenvalue weighted by Crippen LogP contribution is -2.32. The second kappa shape index (κ2) is 18.2. The molecule has 0 aliphatic heterocycles. The fourth-order valence-electron chi connectivity index (χ4n) is 3.30. The van der Waals surface area contributed by atoms with E-state index in [-0.39, 0.29) is 0 Å². The van der Waals surface area contributed by atoms with Crippen LogP contribution in [0.4, 0.5) is 0 Å². The van der Waals surface area contributed by atoms with Crippen molar-refractivity contribution >= 4 is 0 Å². The van der Waals surface area contributed by atoms with Gasteiger partial charge in [0, 0.05) is 6.04 Å². The Bertz CT molecular complexity index is 209. The van der Waals surface area contributed by atoms with Crippen molar-refractivity contribution in [2.24, 2.45) is 11.7 Å². The van der Waals surface area contributed by atoms with E-state index in [0.29, 0.717) is 0 Å². The van der Waals surface area contributed by atoms with Crippen LogP contribution in [0.5, 0.6) is 0 Å². The van der Waals surface area contributed by atoms with Crippen molar-refractivity contribution in [3.05, 3.63) is 0 Å². The van der Waals surface area contributed by atoms with Gasteiger partial charge >= 0.3 is 0 Å². The van der Waals surface area contributed by atoms with Crippen LogP contribution in [0.15, 0.2) is 0 Å². The molecule has 0 radical (unpaired) electrons. The van der Waals surface area contributed by atoms with Crippen LogP contribution in [0.3, 0.4) is 0 Å². The molecule has 3 nitrogen and oxygen atoms in total. The number of nitrogens with one attached hydrogen (secondary N) is 2. The molecule has 2 fully saturated rings. The van der Waals surface area contributed by atoms with Crippen LogP contribution >= 0.6 is 0 Å². The summed E-state index contributed by atoms with van der Waals surface area (Å²) in [7, 11) is 2.01. The van der Waals surface area contributed by atoms with Gasteiger partial charge in [0.25, 0.3) is 0 Å². The van der Waals surface area contributed by atoms with Gasteiger partial charge in [-0.3, -0.25) is 0 Å². The molecular formula is C20H45N3. The molecule has 2 aliphatic carbocycles. The van der Waals surface area contributed by atoms with E-state index < -0.39 is 0 Å². The van der Waals surface area contributed by atoms with Crippen LogP contribution < -0.4 is 16.4 Å². The standard InChI is InChI=1S/C10H22N2.C7H15N.C3H8/c1-11-8-5-9-12-10-6-3-2-4-7-10;8-6-7-4-2-1-3-5-7;1-3-2/h10-12H,2-9H2,1H3;7H,1-6,8H2;3H2,1-2H3. The highest BCUT2D eigenvalue weighted by molar-refractivity contribution is 4.71. The van der Waals surface area contributed by atoms with Crippen molar-refractivity contribution in [3.8, 4) is 0 Å². The highest BCUT2D eigenvalue weighted by atomic mass is 14.9. The minimum atomic E-state index is 0.829. The first kappa shape index (κ1) is 22.9. The molecule has 2 aliphatic rings. The van der Waals surface area contributed by atoms with E-state index in [9.17, 15) is 0 Å². The number of hydrogen-bond acceptors (Lipinski definition) is 3. The summed E-state index contributed by atoms with van der Waals surface area (Å²) < 4.78 is 0. The number of rotatable bonds is 6. The Hall–Kier alpha value is -0.120. The second-order valence-electron chi connectivity index (χ2n) is 7.19. The van der Waals surface area contributed by atoms with Crippen LogP contribution in [-0.4, -0.2) is 32.7 Å². The first-order valence-electron chi connectivity index (χ1n) is 10.4. The SMILES string of the molecule is CCC.CNCCCNC1CCCCC1.NCC1CCCCC1. The van der Waals surface area contributed by atoms with Gasteiger partial charge in [0.15, 0.2) is 0 Å². The van der Waals surface area contributed by atoms with Crippen LogP contribution in [0.1, 0.15) is 90.9 Å². The smallest absolute Gasteiger partial charge is 0.00670 e. The summed E-state index contributed by atoms with van der Waals surface area (Å²) in [5, 5.41) is 6.78. The summed E-state index contributed by atoms with van der Waals surface area (Å²) in [5.74, 6) is 0.865. The molecule has 0 aromatic rings. The molecular weight excluding hydrogens is 282 g/mol. The van der Waals surface area contributed by atoms with Gasteiger partial charge in [-0.05, 0) is 64.7 Å². The molecule has 0 unspecified atom stereocenters. The van der Waals surface area contributed by atoms with E-state index in [4.69, 9.17) is 5.73 Å². The highest BCUT2D eigenvalue weighted by Gasteiger charge is 2.11.